The molecule has 1 aromatic heterocycles. The van der Waals surface area contributed by atoms with Gasteiger partial charge in [-0.2, -0.15) is 0 Å². The summed E-state index contributed by atoms with van der Waals surface area (Å²) in [6.07, 6.45) is 3.63. The summed E-state index contributed by atoms with van der Waals surface area (Å²) in [6, 6.07) is 0. The topological polar surface area (TPSA) is 38.1 Å². The van der Waals surface area contributed by atoms with Crippen LogP contribution in [0.3, 0.4) is 0 Å². The second kappa shape index (κ2) is 3.77. The van der Waals surface area contributed by atoms with Gasteiger partial charge in [0.15, 0.2) is 0 Å². The van der Waals surface area contributed by atoms with Crippen molar-refractivity contribution in [3.63, 3.8) is 0 Å². The first-order chi connectivity index (χ1) is 7.50. The smallest absolute Gasteiger partial charge is 0.249 e. The predicted molar refractivity (Wildman–Crippen MR) is 62.9 cm³/mol. The third-order valence-electron chi connectivity index (χ3n) is 3.06. The molecular weight excluding hydrogens is 202 g/mol. The highest BCUT2D eigenvalue weighted by Crippen LogP contribution is 2.24. The molecule has 0 saturated heterocycles. The maximum Gasteiger partial charge on any atom is 0.249 e. The minimum absolute atomic E-state index is 0.101. The van der Waals surface area contributed by atoms with Crippen molar-refractivity contribution in [1.29, 1.82) is 0 Å². The van der Waals surface area contributed by atoms with Gasteiger partial charge >= 0.3 is 0 Å². The number of aromatic nitrogens is 2. The van der Waals surface area contributed by atoms with Gasteiger partial charge in [0, 0.05) is 26.7 Å². The van der Waals surface area contributed by atoms with Gasteiger partial charge in [-0.25, -0.2) is 4.98 Å². The van der Waals surface area contributed by atoms with Crippen molar-refractivity contribution >= 4 is 12.0 Å². The van der Waals surface area contributed by atoms with Crippen LogP contribution in [0.25, 0.3) is 6.08 Å². The van der Waals surface area contributed by atoms with E-state index in [1.165, 1.54) is 0 Å². The second-order valence-corrected chi connectivity index (χ2v) is 4.42. The summed E-state index contributed by atoms with van der Waals surface area (Å²) in [6.45, 7) is 1.99. The van der Waals surface area contributed by atoms with Crippen molar-refractivity contribution in [2.24, 2.45) is 7.05 Å². The molecule has 0 aromatic carbocycles. The van der Waals surface area contributed by atoms with E-state index in [0.29, 0.717) is 0 Å². The Morgan fingerprint density at radius 3 is 2.75 bits per heavy atom. The lowest BCUT2D eigenvalue weighted by Crippen LogP contribution is -2.24. The quantitative estimate of drug-likeness (QED) is 0.710. The number of hydrogen-bond acceptors (Lipinski definition) is 2. The van der Waals surface area contributed by atoms with E-state index < -0.39 is 0 Å². The molecule has 4 nitrogen and oxygen atoms in total. The molecule has 0 fully saturated rings. The fourth-order valence-electron chi connectivity index (χ4n) is 2.01. The monoisotopic (exact) mass is 219 g/mol. The first kappa shape index (κ1) is 10.9. The number of carbonyl (C=O) groups is 1. The van der Waals surface area contributed by atoms with E-state index in [-0.39, 0.29) is 5.91 Å². The summed E-state index contributed by atoms with van der Waals surface area (Å²) < 4.78 is 2.04. The lowest BCUT2D eigenvalue weighted by Gasteiger charge is -2.17. The Kier molecular flexibility index (Phi) is 2.58. The number of likely N-dealkylation sites (N-methyl/N-ethyl adjacent to an activating group) is 1. The summed E-state index contributed by atoms with van der Waals surface area (Å²) in [5, 5.41) is 0. The Morgan fingerprint density at radius 1 is 1.44 bits per heavy atom. The molecule has 86 valence electrons. The van der Waals surface area contributed by atoms with E-state index in [2.05, 4.69) is 4.98 Å². The molecule has 16 heavy (non-hydrogen) atoms. The molecule has 2 rings (SSSR count). The van der Waals surface area contributed by atoms with Gasteiger partial charge in [-0.15, -0.1) is 0 Å². The maximum atomic E-state index is 11.9. The van der Waals surface area contributed by atoms with Crippen LogP contribution in [0.4, 0.5) is 0 Å². The number of imidazole rings is 1. The highest BCUT2D eigenvalue weighted by Gasteiger charge is 2.21. The molecule has 1 amide bonds. The molecule has 1 aliphatic rings. The molecule has 0 N–H and O–H groups in total. The number of rotatable bonds is 1. The fraction of sp³-hybridized carbons (Fsp3) is 0.500. The lowest BCUT2D eigenvalue weighted by atomic mass is 9.99. The SMILES string of the molecule is Cc1nc2c(n1C)C=C(C(=O)N(C)C)CC2. The number of amides is 1. The van der Waals surface area contributed by atoms with Gasteiger partial charge in [0.05, 0.1) is 11.4 Å². The standard InChI is InChI=1S/C12H17N3O/c1-8-13-10-6-5-9(12(16)14(2)3)7-11(10)15(8)4/h7H,5-6H2,1-4H3. The first-order valence-electron chi connectivity index (χ1n) is 5.45. The van der Waals surface area contributed by atoms with E-state index in [9.17, 15) is 4.79 Å². The van der Waals surface area contributed by atoms with Gasteiger partial charge < -0.3 is 9.47 Å². The van der Waals surface area contributed by atoms with Gasteiger partial charge in [-0.1, -0.05) is 0 Å². The van der Waals surface area contributed by atoms with Gasteiger partial charge in [-0.3, -0.25) is 4.79 Å². The highest BCUT2D eigenvalue weighted by molar-refractivity contribution is 5.98. The minimum atomic E-state index is 0.101. The van der Waals surface area contributed by atoms with Gasteiger partial charge in [0.1, 0.15) is 5.82 Å². The third-order valence-corrected chi connectivity index (χ3v) is 3.06. The van der Waals surface area contributed by atoms with Crippen molar-refractivity contribution in [3.8, 4) is 0 Å². The van der Waals surface area contributed by atoms with Gasteiger partial charge in [-0.05, 0) is 25.8 Å². The summed E-state index contributed by atoms with van der Waals surface area (Å²) in [5.41, 5.74) is 3.06. The van der Waals surface area contributed by atoms with Crippen molar-refractivity contribution in [3.05, 3.63) is 22.8 Å². The Morgan fingerprint density at radius 2 is 2.12 bits per heavy atom. The number of aryl methyl sites for hydroxylation is 2. The van der Waals surface area contributed by atoms with Crippen LogP contribution in [-0.4, -0.2) is 34.5 Å². The molecule has 0 atom stereocenters. The highest BCUT2D eigenvalue weighted by atomic mass is 16.2. The zero-order valence-corrected chi connectivity index (χ0v) is 10.2. The van der Waals surface area contributed by atoms with Crippen LogP contribution >= 0.6 is 0 Å². The number of nitrogens with zero attached hydrogens (tertiary/aromatic N) is 3. The van der Waals surface area contributed by atoms with Crippen molar-refractivity contribution in [2.45, 2.75) is 19.8 Å². The molecule has 0 aliphatic heterocycles. The molecule has 0 spiro atoms. The zero-order valence-electron chi connectivity index (χ0n) is 10.2. The number of carbonyl (C=O) groups excluding carboxylic acids is 1. The zero-order chi connectivity index (χ0) is 11.9. The first-order valence-corrected chi connectivity index (χ1v) is 5.45. The number of fused-ring (bicyclic) bond motifs is 1. The van der Waals surface area contributed by atoms with Crippen LogP contribution in [0.15, 0.2) is 5.57 Å². The lowest BCUT2D eigenvalue weighted by molar-refractivity contribution is -0.124. The largest absolute Gasteiger partial charge is 0.345 e. The molecule has 4 heteroatoms. The fourth-order valence-corrected chi connectivity index (χ4v) is 2.01. The summed E-state index contributed by atoms with van der Waals surface area (Å²) >= 11 is 0. The molecule has 0 unspecified atom stereocenters. The minimum Gasteiger partial charge on any atom is -0.345 e. The molecule has 1 heterocycles. The van der Waals surface area contributed by atoms with Crippen LogP contribution in [0.2, 0.25) is 0 Å². The molecule has 1 aliphatic carbocycles. The summed E-state index contributed by atoms with van der Waals surface area (Å²) in [5.74, 6) is 1.10. The Hall–Kier alpha value is -1.58. The van der Waals surface area contributed by atoms with E-state index in [4.69, 9.17) is 0 Å². The van der Waals surface area contributed by atoms with Crippen LogP contribution in [0.1, 0.15) is 23.6 Å². The van der Waals surface area contributed by atoms with Gasteiger partial charge in [0.2, 0.25) is 5.91 Å². The van der Waals surface area contributed by atoms with Crippen molar-refractivity contribution < 1.29 is 4.79 Å². The normalized spacial score (nSPS) is 14.4. The van der Waals surface area contributed by atoms with Gasteiger partial charge in [0.25, 0.3) is 0 Å². The molecule has 0 saturated carbocycles. The molecule has 0 bridgehead atoms. The average Bonchev–Trinajstić information content (AvgIpc) is 2.53. The van der Waals surface area contributed by atoms with Crippen LogP contribution in [0.5, 0.6) is 0 Å². The van der Waals surface area contributed by atoms with E-state index >= 15 is 0 Å². The molecule has 0 radical (unpaired) electrons. The van der Waals surface area contributed by atoms with E-state index in [1.807, 2.05) is 24.6 Å². The van der Waals surface area contributed by atoms with Crippen LogP contribution in [0, 0.1) is 6.92 Å². The Balaban J connectivity index is 2.41. The molecule has 1 aromatic rings. The van der Waals surface area contributed by atoms with E-state index in [1.54, 1.807) is 19.0 Å². The maximum absolute atomic E-state index is 11.9. The van der Waals surface area contributed by atoms with Crippen LogP contribution in [-0.2, 0) is 18.3 Å². The Bertz CT molecular complexity index is 469. The Labute approximate surface area is 95.6 Å². The average molecular weight is 219 g/mol. The third kappa shape index (κ3) is 1.64. The van der Waals surface area contributed by atoms with E-state index in [0.717, 1.165) is 35.6 Å². The van der Waals surface area contributed by atoms with Crippen LogP contribution < -0.4 is 0 Å². The summed E-state index contributed by atoms with van der Waals surface area (Å²) in [7, 11) is 5.56. The number of hydrogen-bond donors (Lipinski definition) is 0. The van der Waals surface area contributed by atoms with Crippen molar-refractivity contribution in [1.82, 2.24) is 14.5 Å². The second-order valence-electron chi connectivity index (χ2n) is 4.42. The molecular formula is C12H17N3O. The summed E-state index contributed by atoms with van der Waals surface area (Å²) in [4.78, 5) is 18.0. The predicted octanol–water partition coefficient (Wildman–Crippen LogP) is 1.15. The van der Waals surface area contributed by atoms with Crippen molar-refractivity contribution in [2.75, 3.05) is 14.1 Å².